The van der Waals surface area contributed by atoms with Crippen molar-refractivity contribution in [1.29, 1.82) is 0 Å². The first-order valence-electron chi connectivity index (χ1n) is 17.8. The summed E-state index contributed by atoms with van der Waals surface area (Å²) in [5, 5.41) is 14.1. The van der Waals surface area contributed by atoms with Crippen molar-refractivity contribution in [2.45, 2.75) is 145 Å². The van der Waals surface area contributed by atoms with Crippen molar-refractivity contribution in [3.63, 3.8) is 0 Å². The minimum Gasteiger partial charge on any atom is -0.393 e. The second-order valence-electron chi connectivity index (χ2n) is 19.0. The van der Waals surface area contributed by atoms with Crippen LogP contribution in [0, 0.1) is 50.2 Å². The Bertz CT molecular complexity index is 1210. The van der Waals surface area contributed by atoms with Crippen LogP contribution in [0.4, 0.5) is 0 Å². The molecule has 0 spiro atoms. The maximum absolute atomic E-state index is 14.9. The molecule has 8 atom stereocenters. The Kier molecular flexibility index (Phi) is 8.21. The molecule has 5 aliphatic carbocycles. The van der Waals surface area contributed by atoms with Gasteiger partial charge in [-0.05, 0) is 130 Å². The molecule has 0 radical (unpaired) electrons. The van der Waals surface area contributed by atoms with E-state index in [2.05, 4.69) is 66.4 Å². The Morgan fingerprint density at radius 1 is 0.977 bits per heavy atom. The maximum atomic E-state index is 14.9. The summed E-state index contributed by atoms with van der Waals surface area (Å²) in [4.78, 5) is 29.8. The number of aliphatic hydroxyl groups excluding tert-OH is 1. The molecule has 2 amide bonds. The van der Waals surface area contributed by atoms with Gasteiger partial charge in [-0.2, -0.15) is 0 Å². The van der Waals surface area contributed by atoms with Crippen LogP contribution in [-0.2, 0) is 9.59 Å². The van der Waals surface area contributed by atoms with Crippen LogP contribution in [0.1, 0.15) is 133 Å². The molecule has 0 unspecified atom stereocenters. The molecule has 2 N–H and O–H groups in total. The van der Waals surface area contributed by atoms with Gasteiger partial charge in [0.05, 0.1) is 18.1 Å². The molecule has 5 rings (SSSR count). The van der Waals surface area contributed by atoms with Gasteiger partial charge in [0.15, 0.2) is 0 Å². The Labute approximate surface area is 269 Å². The third-order valence-electron chi connectivity index (χ3n) is 14.5. The number of hydrogen-bond donors (Lipinski definition) is 2. The lowest BCUT2D eigenvalue weighted by atomic mass is 9.33. The standard InChI is InChI=1S/C39H64N2O3/c1-12-23-41(25-31(43)40-33(2,3)4)32(44)39-21-19-34(5,6)24-27(39)26-13-14-29-36(9)17-16-30(42)35(7,8)28(36)15-18-38(29,11)37(26,10)20-22-39/h12-13,27-30,42H,1,14-25H2,2-11H3,(H,40,43)/t27-,28-,29+,30-,36-,37+,38+,39-/m0/s1. The molecule has 0 heterocycles. The quantitative estimate of drug-likeness (QED) is 0.310. The highest BCUT2D eigenvalue weighted by Crippen LogP contribution is 2.75. The lowest BCUT2D eigenvalue weighted by molar-refractivity contribution is -0.204. The number of nitrogens with zero attached hydrogens (tertiary/aromatic N) is 1. The van der Waals surface area contributed by atoms with Gasteiger partial charge >= 0.3 is 0 Å². The Morgan fingerprint density at radius 2 is 1.64 bits per heavy atom. The topological polar surface area (TPSA) is 69.6 Å². The molecule has 0 aromatic carbocycles. The van der Waals surface area contributed by atoms with E-state index in [9.17, 15) is 14.7 Å². The molecular weight excluding hydrogens is 544 g/mol. The lowest BCUT2D eigenvalue weighted by Crippen LogP contribution is -2.65. The third kappa shape index (κ3) is 5.05. The van der Waals surface area contributed by atoms with E-state index in [0.717, 1.165) is 51.4 Å². The van der Waals surface area contributed by atoms with Gasteiger partial charge < -0.3 is 15.3 Å². The number of rotatable bonds is 5. The molecule has 0 saturated heterocycles. The minimum absolute atomic E-state index is 0.0405. The smallest absolute Gasteiger partial charge is 0.240 e. The highest BCUT2D eigenvalue weighted by molar-refractivity contribution is 5.89. The minimum atomic E-state index is -0.465. The summed E-state index contributed by atoms with van der Waals surface area (Å²) in [7, 11) is 0. The average Bonchev–Trinajstić information content (AvgIpc) is 2.89. The highest BCUT2D eigenvalue weighted by Gasteiger charge is 2.69. The van der Waals surface area contributed by atoms with Crippen molar-refractivity contribution in [3.05, 3.63) is 24.3 Å². The SMILES string of the molecule is C=CCN(CC(=O)NC(C)(C)C)C(=O)[C@]12CCC(C)(C)C[C@H]1C1=CC[C@@H]3[C@@]4(C)CC[C@H](O)C(C)(C)[C@@H]4CC[C@@]3(C)[C@]1(C)CC2. The fraction of sp³-hybridized carbons (Fsp3) is 0.846. The summed E-state index contributed by atoms with van der Waals surface area (Å²) < 4.78 is 0. The molecule has 5 aliphatic rings. The fourth-order valence-electron chi connectivity index (χ4n) is 11.9. The van der Waals surface area contributed by atoms with Crippen molar-refractivity contribution in [1.82, 2.24) is 10.2 Å². The van der Waals surface area contributed by atoms with E-state index in [0.29, 0.717) is 18.4 Å². The van der Waals surface area contributed by atoms with Crippen LogP contribution < -0.4 is 5.32 Å². The molecular formula is C39H64N2O3. The Hall–Kier alpha value is -1.62. The van der Waals surface area contributed by atoms with Crippen LogP contribution in [0.2, 0.25) is 0 Å². The largest absolute Gasteiger partial charge is 0.393 e. The maximum Gasteiger partial charge on any atom is 0.240 e. The predicted octanol–water partition coefficient (Wildman–Crippen LogP) is 8.08. The molecule has 5 nitrogen and oxygen atoms in total. The van der Waals surface area contributed by atoms with Crippen LogP contribution in [0.25, 0.3) is 0 Å². The zero-order chi connectivity index (χ0) is 32.7. The first-order valence-corrected chi connectivity index (χ1v) is 17.8. The number of aliphatic hydroxyl groups is 1. The van der Waals surface area contributed by atoms with Crippen molar-refractivity contribution in [2.75, 3.05) is 13.1 Å². The molecule has 4 fully saturated rings. The summed E-state index contributed by atoms with van der Waals surface area (Å²) in [5.41, 5.74) is 1.26. The van der Waals surface area contributed by atoms with Crippen LogP contribution in [0.3, 0.4) is 0 Å². The lowest BCUT2D eigenvalue weighted by Gasteiger charge is -2.71. The molecule has 0 aromatic heterocycles. The number of nitrogens with one attached hydrogen (secondary N) is 1. The second-order valence-corrected chi connectivity index (χ2v) is 19.0. The van der Waals surface area contributed by atoms with Crippen molar-refractivity contribution in [3.8, 4) is 0 Å². The molecule has 0 aromatic rings. The number of allylic oxidation sites excluding steroid dienone is 2. The number of carbonyl (C=O) groups excluding carboxylic acids is 2. The summed E-state index contributed by atoms with van der Waals surface area (Å²) in [6, 6.07) is 0. The number of amides is 2. The predicted molar refractivity (Wildman–Crippen MR) is 180 cm³/mol. The van der Waals surface area contributed by atoms with Gasteiger partial charge in [-0.1, -0.05) is 66.2 Å². The van der Waals surface area contributed by atoms with Gasteiger partial charge in [-0.15, -0.1) is 6.58 Å². The van der Waals surface area contributed by atoms with Crippen molar-refractivity contribution < 1.29 is 14.7 Å². The van der Waals surface area contributed by atoms with Crippen molar-refractivity contribution >= 4 is 11.8 Å². The number of fused-ring (bicyclic) bond motifs is 7. The van der Waals surface area contributed by atoms with Crippen molar-refractivity contribution in [2.24, 2.45) is 50.2 Å². The molecule has 5 heteroatoms. The first-order chi connectivity index (χ1) is 20.2. The van der Waals surface area contributed by atoms with E-state index < -0.39 is 5.41 Å². The van der Waals surface area contributed by atoms with Gasteiger partial charge in [0.25, 0.3) is 0 Å². The van der Waals surface area contributed by atoms with E-state index in [1.807, 2.05) is 20.8 Å². The monoisotopic (exact) mass is 608 g/mol. The third-order valence-corrected chi connectivity index (χ3v) is 14.5. The van der Waals surface area contributed by atoms with E-state index >= 15 is 0 Å². The number of hydrogen-bond acceptors (Lipinski definition) is 3. The normalized spacial score (nSPS) is 42.4. The fourth-order valence-corrected chi connectivity index (χ4v) is 11.9. The van der Waals surface area contributed by atoms with Gasteiger partial charge in [-0.25, -0.2) is 0 Å². The van der Waals surface area contributed by atoms with E-state index in [1.165, 1.54) is 12.8 Å². The molecule has 44 heavy (non-hydrogen) atoms. The summed E-state index contributed by atoms with van der Waals surface area (Å²) in [5.74, 6) is 1.36. The summed E-state index contributed by atoms with van der Waals surface area (Å²) in [6.07, 6.45) is 14.5. The average molecular weight is 609 g/mol. The number of carbonyl (C=O) groups is 2. The van der Waals surface area contributed by atoms with Crippen LogP contribution in [0.5, 0.6) is 0 Å². The Balaban J connectivity index is 1.54. The van der Waals surface area contributed by atoms with Crippen LogP contribution in [-0.4, -0.2) is 46.6 Å². The summed E-state index contributed by atoms with van der Waals surface area (Å²) in [6.45, 7) is 27.5. The van der Waals surface area contributed by atoms with Gasteiger partial charge in [0.1, 0.15) is 0 Å². The van der Waals surface area contributed by atoms with Gasteiger partial charge in [0, 0.05) is 12.1 Å². The molecule has 4 saturated carbocycles. The van der Waals surface area contributed by atoms with Crippen LogP contribution >= 0.6 is 0 Å². The van der Waals surface area contributed by atoms with Gasteiger partial charge in [0.2, 0.25) is 11.8 Å². The highest BCUT2D eigenvalue weighted by atomic mass is 16.3. The van der Waals surface area contributed by atoms with Crippen LogP contribution in [0.15, 0.2) is 24.3 Å². The van der Waals surface area contributed by atoms with E-state index in [-0.39, 0.29) is 63.0 Å². The molecule has 0 bridgehead atoms. The van der Waals surface area contributed by atoms with E-state index in [1.54, 1.807) is 16.5 Å². The molecule has 0 aliphatic heterocycles. The first kappa shape index (κ1) is 33.7. The Morgan fingerprint density at radius 3 is 2.27 bits per heavy atom. The zero-order valence-corrected chi connectivity index (χ0v) is 29.9. The van der Waals surface area contributed by atoms with E-state index in [4.69, 9.17) is 0 Å². The molecule has 248 valence electrons. The zero-order valence-electron chi connectivity index (χ0n) is 29.9. The second kappa shape index (κ2) is 10.7. The van der Waals surface area contributed by atoms with Gasteiger partial charge in [-0.3, -0.25) is 9.59 Å². The summed E-state index contributed by atoms with van der Waals surface area (Å²) >= 11 is 0.